The third-order valence-electron chi connectivity index (χ3n) is 5.98. The summed E-state index contributed by atoms with van der Waals surface area (Å²) in [7, 11) is 1.21. The first-order valence-corrected chi connectivity index (χ1v) is 11.3. The number of nitro benzene ring substituents is 1. The predicted molar refractivity (Wildman–Crippen MR) is 125 cm³/mol. The molecule has 0 spiro atoms. The van der Waals surface area contributed by atoms with Crippen molar-refractivity contribution in [1.82, 2.24) is 10.2 Å². The Hall–Kier alpha value is -3.96. The molecule has 2 amide bonds. The molecular formula is C24H29N3O9. The summed E-state index contributed by atoms with van der Waals surface area (Å²) >= 11 is 0. The van der Waals surface area contributed by atoms with Crippen LogP contribution in [0.4, 0.5) is 10.5 Å². The van der Waals surface area contributed by atoms with Gasteiger partial charge in [-0.1, -0.05) is 6.08 Å². The third-order valence-corrected chi connectivity index (χ3v) is 5.98. The number of carbonyl (C=O) groups is 4. The lowest BCUT2D eigenvalue weighted by atomic mass is 10.1. The van der Waals surface area contributed by atoms with E-state index < -0.39 is 52.1 Å². The molecule has 1 N–H and O–H groups in total. The van der Waals surface area contributed by atoms with Crippen molar-refractivity contribution in [3.05, 3.63) is 52.6 Å². The van der Waals surface area contributed by atoms with Gasteiger partial charge in [0.25, 0.3) is 5.69 Å². The lowest BCUT2D eigenvalue weighted by molar-refractivity contribution is -0.384. The number of carbonyl (C=O) groups excluding carboxylic acids is 4. The van der Waals surface area contributed by atoms with E-state index >= 15 is 0 Å². The minimum Gasteiger partial charge on any atom is -0.467 e. The fourth-order valence-electron chi connectivity index (χ4n) is 4.08. The molecule has 0 unspecified atom stereocenters. The van der Waals surface area contributed by atoms with Crippen LogP contribution in [0.5, 0.6) is 0 Å². The fourth-order valence-corrected chi connectivity index (χ4v) is 4.08. The van der Waals surface area contributed by atoms with Crippen LogP contribution >= 0.6 is 0 Å². The number of nitro groups is 1. The molecule has 3 rings (SSSR count). The van der Waals surface area contributed by atoms with Gasteiger partial charge >= 0.3 is 18.0 Å². The first kappa shape index (κ1) is 26.6. The van der Waals surface area contributed by atoms with Gasteiger partial charge in [-0.15, -0.1) is 6.58 Å². The van der Waals surface area contributed by atoms with Crippen LogP contribution in [-0.2, 0) is 23.8 Å². The van der Waals surface area contributed by atoms with E-state index in [9.17, 15) is 29.3 Å². The van der Waals surface area contributed by atoms with Crippen LogP contribution in [0.3, 0.4) is 0 Å². The van der Waals surface area contributed by atoms with Gasteiger partial charge in [0, 0.05) is 24.5 Å². The fraction of sp³-hybridized carbons (Fsp3) is 0.500. The van der Waals surface area contributed by atoms with Crippen molar-refractivity contribution in [2.75, 3.05) is 13.7 Å². The summed E-state index contributed by atoms with van der Waals surface area (Å²) in [6.45, 7) is 8.57. The highest BCUT2D eigenvalue weighted by atomic mass is 16.6. The van der Waals surface area contributed by atoms with Crippen LogP contribution in [0, 0.1) is 16.0 Å². The maximum absolute atomic E-state index is 13.3. The molecule has 1 aliphatic heterocycles. The molecule has 1 heterocycles. The Balaban J connectivity index is 1.77. The molecule has 0 radical (unpaired) electrons. The number of ether oxygens (including phenoxy) is 3. The van der Waals surface area contributed by atoms with Crippen molar-refractivity contribution in [1.29, 1.82) is 0 Å². The summed E-state index contributed by atoms with van der Waals surface area (Å²) in [6.07, 6.45) is 0.178. The number of methoxy groups -OCH3 is 1. The third kappa shape index (κ3) is 5.64. The normalized spacial score (nSPS) is 24.9. The van der Waals surface area contributed by atoms with Crippen LogP contribution in [0.25, 0.3) is 0 Å². The molecule has 1 aliphatic carbocycles. The molecule has 0 aromatic heterocycles. The van der Waals surface area contributed by atoms with Crippen molar-refractivity contribution in [3.63, 3.8) is 0 Å². The summed E-state index contributed by atoms with van der Waals surface area (Å²) in [5.74, 6) is -2.32. The Morgan fingerprint density at radius 1 is 1.22 bits per heavy atom. The van der Waals surface area contributed by atoms with Gasteiger partial charge in [-0.25, -0.2) is 14.4 Å². The second-order valence-corrected chi connectivity index (χ2v) is 9.71. The van der Waals surface area contributed by atoms with Gasteiger partial charge in [0.05, 0.1) is 24.1 Å². The molecule has 1 saturated carbocycles. The number of non-ortho nitro benzene ring substituents is 1. The van der Waals surface area contributed by atoms with E-state index in [4.69, 9.17) is 14.2 Å². The number of likely N-dealkylation sites (tertiary alicyclic amines) is 1. The van der Waals surface area contributed by atoms with E-state index in [0.29, 0.717) is 6.42 Å². The van der Waals surface area contributed by atoms with Gasteiger partial charge in [0.1, 0.15) is 23.3 Å². The highest BCUT2D eigenvalue weighted by molar-refractivity contribution is 5.95. The molecular weight excluding hydrogens is 474 g/mol. The zero-order valence-corrected chi connectivity index (χ0v) is 20.5. The Kier molecular flexibility index (Phi) is 7.37. The lowest BCUT2D eigenvalue weighted by Gasteiger charge is -2.28. The molecule has 0 bridgehead atoms. The molecule has 1 aromatic rings. The Labute approximate surface area is 207 Å². The second kappa shape index (κ2) is 9.96. The van der Waals surface area contributed by atoms with Gasteiger partial charge in [0.2, 0.25) is 5.91 Å². The minimum atomic E-state index is -1.26. The van der Waals surface area contributed by atoms with Gasteiger partial charge in [-0.3, -0.25) is 19.8 Å². The van der Waals surface area contributed by atoms with E-state index in [2.05, 4.69) is 11.9 Å². The molecule has 2 fully saturated rings. The zero-order chi connectivity index (χ0) is 26.8. The van der Waals surface area contributed by atoms with Crippen molar-refractivity contribution in [3.8, 4) is 0 Å². The van der Waals surface area contributed by atoms with E-state index in [1.807, 2.05) is 0 Å². The number of nitrogens with one attached hydrogen (secondary N) is 1. The van der Waals surface area contributed by atoms with Crippen LogP contribution < -0.4 is 5.32 Å². The van der Waals surface area contributed by atoms with Gasteiger partial charge in [-0.2, -0.15) is 0 Å². The standard InChI is InChI=1S/C24H29N3O9/c1-6-15-12-24(15,21(30)34-5)25-19(28)18-11-17(13-26(18)22(31)36-23(2,3)4)35-20(29)14-7-9-16(10-8-14)27(32)33/h6-10,15,17-18H,1,11-13H2,2-5H3,(H,25,28)/t15-,17-,18+,24-/m1/s1. The number of hydrogen-bond donors (Lipinski definition) is 1. The molecule has 194 valence electrons. The molecule has 1 saturated heterocycles. The smallest absolute Gasteiger partial charge is 0.411 e. The molecule has 2 aliphatic rings. The highest BCUT2D eigenvalue weighted by Gasteiger charge is 2.62. The average molecular weight is 504 g/mol. The molecule has 1 aromatic carbocycles. The summed E-state index contributed by atoms with van der Waals surface area (Å²) in [5, 5.41) is 13.5. The SMILES string of the molecule is C=C[C@@H]1C[C@]1(NC(=O)[C@@H]1C[C@@H](OC(=O)c2ccc([N+](=O)[O-])cc2)CN1C(=O)OC(C)(C)C)C(=O)OC. The van der Waals surface area contributed by atoms with E-state index in [0.717, 1.165) is 4.90 Å². The topological polar surface area (TPSA) is 154 Å². The zero-order valence-electron chi connectivity index (χ0n) is 20.5. The Morgan fingerprint density at radius 3 is 2.36 bits per heavy atom. The van der Waals surface area contributed by atoms with E-state index in [1.54, 1.807) is 26.8 Å². The largest absolute Gasteiger partial charge is 0.467 e. The summed E-state index contributed by atoms with van der Waals surface area (Å²) in [5.41, 5.74) is -2.21. The summed E-state index contributed by atoms with van der Waals surface area (Å²) < 4.78 is 15.8. The van der Waals surface area contributed by atoms with Crippen molar-refractivity contribution in [2.45, 2.75) is 56.9 Å². The van der Waals surface area contributed by atoms with Crippen LogP contribution in [0.15, 0.2) is 36.9 Å². The number of benzene rings is 1. The molecule has 36 heavy (non-hydrogen) atoms. The first-order chi connectivity index (χ1) is 16.8. The minimum absolute atomic E-state index is 0.0419. The summed E-state index contributed by atoms with van der Waals surface area (Å²) in [6, 6.07) is 3.78. The van der Waals surface area contributed by atoms with Crippen molar-refractivity contribution in [2.24, 2.45) is 5.92 Å². The van der Waals surface area contributed by atoms with Crippen LogP contribution in [0.2, 0.25) is 0 Å². The highest BCUT2D eigenvalue weighted by Crippen LogP contribution is 2.45. The monoisotopic (exact) mass is 503 g/mol. The van der Waals surface area contributed by atoms with Gasteiger partial charge in [0.15, 0.2) is 0 Å². The lowest BCUT2D eigenvalue weighted by Crippen LogP contribution is -2.53. The Morgan fingerprint density at radius 2 is 1.86 bits per heavy atom. The quantitative estimate of drug-likeness (QED) is 0.194. The van der Waals surface area contributed by atoms with Crippen molar-refractivity contribution < 1.29 is 38.3 Å². The van der Waals surface area contributed by atoms with E-state index in [-0.39, 0.29) is 30.1 Å². The number of amides is 2. The summed E-state index contributed by atoms with van der Waals surface area (Å²) in [4.78, 5) is 62.5. The predicted octanol–water partition coefficient (Wildman–Crippen LogP) is 2.36. The van der Waals surface area contributed by atoms with Gasteiger partial charge in [-0.05, 0) is 39.3 Å². The number of hydrogen-bond acceptors (Lipinski definition) is 9. The molecule has 4 atom stereocenters. The van der Waals surface area contributed by atoms with E-state index in [1.165, 1.54) is 31.4 Å². The average Bonchev–Trinajstić information content (AvgIpc) is 3.36. The van der Waals surface area contributed by atoms with Gasteiger partial charge < -0.3 is 19.5 Å². The number of rotatable bonds is 7. The number of nitrogens with zero attached hydrogens (tertiary/aromatic N) is 2. The van der Waals surface area contributed by atoms with Crippen LogP contribution in [0.1, 0.15) is 44.0 Å². The second-order valence-electron chi connectivity index (χ2n) is 9.71. The maximum Gasteiger partial charge on any atom is 0.411 e. The van der Waals surface area contributed by atoms with Crippen molar-refractivity contribution >= 4 is 29.6 Å². The Bertz CT molecular complexity index is 1080. The molecule has 12 nitrogen and oxygen atoms in total. The number of esters is 2. The maximum atomic E-state index is 13.3. The van der Waals surface area contributed by atoms with Crippen LogP contribution in [-0.4, -0.2) is 70.7 Å². The first-order valence-electron chi connectivity index (χ1n) is 11.3. The molecule has 12 heteroatoms.